The van der Waals surface area contributed by atoms with Crippen LogP contribution in [0.3, 0.4) is 0 Å². The molecule has 0 saturated carbocycles. The zero-order valence-corrected chi connectivity index (χ0v) is 10.2. The fourth-order valence-corrected chi connectivity index (χ4v) is 2.48. The van der Waals surface area contributed by atoms with Gasteiger partial charge in [0.25, 0.3) is 5.91 Å². The van der Waals surface area contributed by atoms with Crippen LogP contribution in [0.5, 0.6) is 0 Å². The molecule has 0 N–H and O–H groups in total. The molecule has 4 nitrogen and oxygen atoms in total. The number of hydrogen-bond acceptors (Lipinski definition) is 3. The van der Waals surface area contributed by atoms with E-state index in [1.807, 2.05) is 4.90 Å². The zero-order chi connectivity index (χ0) is 11.4. The Balaban J connectivity index is 1.77. The molecule has 92 valence electrons. The molecule has 0 aromatic rings. The van der Waals surface area contributed by atoms with Gasteiger partial charge in [0.1, 0.15) is 6.10 Å². The van der Waals surface area contributed by atoms with Crippen molar-refractivity contribution >= 4 is 5.91 Å². The number of amides is 1. The van der Waals surface area contributed by atoms with Crippen molar-refractivity contribution < 1.29 is 9.53 Å². The molecular weight excluding hydrogens is 204 g/mol. The van der Waals surface area contributed by atoms with Gasteiger partial charge in [-0.05, 0) is 25.8 Å². The minimum atomic E-state index is -0.141. The predicted molar refractivity (Wildman–Crippen MR) is 62.3 cm³/mol. The first kappa shape index (κ1) is 11.9. The first-order valence-corrected chi connectivity index (χ1v) is 6.44. The van der Waals surface area contributed by atoms with Gasteiger partial charge >= 0.3 is 0 Å². The molecular formula is C12H22N2O2. The molecule has 4 heteroatoms. The molecule has 16 heavy (non-hydrogen) atoms. The Kier molecular flexibility index (Phi) is 4.18. The summed E-state index contributed by atoms with van der Waals surface area (Å²) >= 11 is 0. The maximum absolute atomic E-state index is 12.0. The predicted octanol–water partition coefficient (Wildman–Crippen LogP) is 0.720. The molecule has 1 unspecified atom stereocenters. The third-order valence-electron chi connectivity index (χ3n) is 3.43. The smallest absolute Gasteiger partial charge is 0.251 e. The van der Waals surface area contributed by atoms with Gasteiger partial charge in [-0.1, -0.05) is 6.92 Å². The van der Waals surface area contributed by atoms with Gasteiger partial charge in [0, 0.05) is 32.8 Å². The second-order valence-corrected chi connectivity index (χ2v) is 4.67. The molecule has 0 aliphatic carbocycles. The van der Waals surface area contributed by atoms with E-state index in [4.69, 9.17) is 4.74 Å². The van der Waals surface area contributed by atoms with Crippen LogP contribution in [-0.4, -0.2) is 61.1 Å². The van der Waals surface area contributed by atoms with E-state index in [0.717, 1.165) is 52.2 Å². The van der Waals surface area contributed by atoms with Gasteiger partial charge in [-0.3, -0.25) is 9.69 Å². The molecule has 0 aromatic heterocycles. The third-order valence-corrected chi connectivity index (χ3v) is 3.43. The fraction of sp³-hybridized carbons (Fsp3) is 0.917. The topological polar surface area (TPSA) is 32.8 Å². The molecule has 2 fully saturated rings. The summed E-state index contributed by atoms with van der Waals surface area (Å²) in [5.74, 6) is 0.216. The molecule has 1 atom stereocenters. The number of nitrogens with zero attached hydrogens (tertiary/aromatic N) is 2. The second kappa shape index (κ2) is 5.64. The van der Waals surface area contributed by atoms with Crippen LogP contribution < -0.4 is 0 Å². The molecule has 2 saturated heterocycles. The minimum absolute atomic E-state index is 0.141. The lowest BCUT2D eigenvalue weighted by Crippen LogP contribution is -2.51. The number of piperazine rings is 1. The van der Waals surface area contributed by atoms with Crippen LogP contribution >= 0.6 is 0 Å². The fourth-order valence-electron chi connectivity index (χ4n) is 2.48. The third kappa shape index (κ3) is 2.74. The molecule has 0 bridgehead atoms. The van der Waals surface area contributed by atoms with Crippen molar-refractivity contribution in [2.45, 2.75) is 32.3 Å². The van der Waals surface area contributed by atoms with E-state index >= 15 is 0 Å². The molecule has 0 aromatic carbocycles. The van der Waals surface area contributed by atoms with Crippen molar-refractivity contribution in [1.82, 2.24) is 9.80 Å². The normalized spacial score (nSPS) is 27.3. The summed E-state index contributed by atoms with van der Waals surface area (Å²) in [6, 6.07) is 0. The van der Waals surface area contributed by atoms with Crippen molar-refractivity contribution in [3.05, 3.63) is 0 Å². The molecule has 2 heterocycles. The van der Waals surface area contributed by atoms with Crippen LogP contribution in [-0.2, 0) is 9.53 Å². The second-order valence-electron chi connectivity index (χ2n) is 4.67. The first-order valence-electron chi connectivity index (χ1n) is 6.44. The van der Waals surface area contributed by atoms with Crippen molar-refractivity contribution in [3.8, 4) is 0 Å². The van der Waals surface area contributed by atoms with Crippen LogP contribution in [0.1, 0.15) is 26.2 Å². The lowest BCUT2D eigenvalue weighted by atomic mass is 10.2. The molecule has 0 radical (unpaired) electrons. The number of ether oxygens (including phenoxy) is 1. The molecule has 2 aliphatic heterocycles. The summed E-state index contributed by atoms with van der Waals surface area (Å²) in [7, 11) is 0. The van der Waals surface area contributed by atoms with Crippen molar-refractivity contribution in [2.24, 2.45) is 0 Å². The summed E-state index contributed by atoms with van der Waals surface area (Å²) in [6.07, 6.45) is 3.00. The van der Waals surface area contributed by atoms with E-state index in [0.29, 0.717) is 0 Å². The van der Waals surface area contributed by atoms with Crippen LogP contribution in [0.2, 0.25) is 0 Å². The maximum atomic E-state index is 12.0. The van der Waals surface area contributed by atoms with Crippen LogP contribution in [0.25, 0.3) is 0 Å². The molecule has 2 rings (SSSR count). The highest BCUT2D eigenvalue weighted by Crippen LogP contribution is 2.15. The van der Waals surface area contributed by atoms with E-state index in [2.05, 4.69) is 11.8 Å². The molecule has 1 amide bonds. The monoisotopic (exact) mass is 226 g/mol. The van der Waals surface area contributed by atoms with Crippen LogP contribution in [0, 0.1) is 0 Å². The molecule has 2 aliphatic rings. The largest absolute Gasteiger partial charge is 0.368 e. The van der Waals surface area contributed by atoms with E-state index in [-0.39, 0.29) is 12.0 Å². The summed E-state index contributed by atoms with van der Waals surface area (Å²) < 4.78 is 5.44. The Morgan fingerprint density at radius 3 is 2.62 bits per heavy atom. The SMILES string of the molecule is CCCN1CCN(C(=O)C2CCCO2)CC1. The summed E-state index contributed by atoms with van der Waals surface area (Å²) in [4.78, 5) is 16.5. The van der Waals surface area contributed by atoms with Gasteiger partial charge in [-0.25, -0.2) is 0 Å². The quantitative estimate of drug-likeness (QED) is 0.711. The van der Waals surface area contributed by atoms with E-state index in [9.17, 15) is 4.79 Å². The first-order chi connectivity index (χ1) is 7.81. The zero-order valence-electron chi connectivity index (χ0n) is 10.2. The Morgan fingerprint density at radius 1 is 1.31 bits per heavy atom. The average molecular weight is 226 g/mol. The minimum Gasteiger partial charge on any atom is -0.368 e. The van der Waals surface area contributed by atoms with Gasteiger partial charge in [0.15, 0.2) is 0 Å². The highest BCUT2D eigenvalue weighted by Gasteiger charge is 2.29. The maximum Gasteiger partial charge on any atom is 0.251 e. The Labute approximate surface area is 97.5 Å². The average Bonchev–Trinajstić information content (AvgIpc) is 2.83. The number of hydrogen-bond donors (Lipinski definition) is 0. The van der Waals surface area contributed by atoms with Crippen molar-refractivity contribution in [1.29, 1.82) is 0 Å². The van der Waals surface area contributed by atoms with Crippen molar-refractivity contribution in [2.75, 3.05) is 39.3 Å². The number of rotatable bonds is 3. The van der Waals surface area contributed by atoms with Gasteiger partial charge in [-0.2, -0.15) is 0 Å². The van der Waals surface area contributed by atoms with Gasteiger partial charge < -0.3 is 9.64 Å². The Bertz CT molecular complexity index is 231. The highest BCUT2D eigenvalue weighted by molar-refractivity contribution is 5.81. The van der Waals surface area contributed by atoms with E-state index in [1.54, 1.807) is 0 Å². The number of carbonyl (C=O) groups is 1. The summed E-state index contributed by atoms with van der Waals surface area (Å²) in [5, 5.41) is 0. The van der Waals surface area contributed by atoms with Gasteiger partial charge in [-0.15, -0.1) is 0 Å². The summed E-state index contributed by atoms with van der Waals surface area (Å²) in [5.41, 5.74) is 0. The van der Waals surface area contributed by atoms with E-state index in [1.165, 1.54) is 6.42 Å². The van der Waals surface area contributed by atoms with Gasteiger partial charge in [0.05, 0.1) is 0 Å². The van der Waals surface area contributed by atoms with Crippen molar-refractivity contribution in [3.63, 3.8) is 0 Å². The Hall–Kier alpha value is -0.610. The van der Waals surface area contributed by atoms with Gasteiger partial charge in [0.2, 0.25) is 0 Å². The standard InChI is InChI=1S/C12H22N2O2/c1-2-5-13-6-8-14(9-7-13)12(15)11-4-3-10-16-11/h11H,2-10H2,1H3. The highest BCUT2D eigenvalue weighted by atomic mass is 16.5. The van der Waals surface area contributed by atoms with Crippen LogP contribution in [0.15, 0.2) is 0 Å². The number of carbonyl (C=O) groups excluding carboxylic acids is 1. The lowest BCUT2D eigenvalue weighted by Gasteiger charge is -2.35. The van der Waals surface area contributed by atoms with E-state index < -0.39 is 0 Å². The summed E-state index contributed by atoms with van der Waals surface area (Å²) in [6.45, 7) is 7.90. The lowest BCUT2D eigenvalue weighted by molar-refractivity contribution is -0.142. The Morgan fingerprint density at radius 2 is 2.06 bits per heavy atom. The van der Waals surface area contributed by atoms with Crippen LogP contribution in [0.4, 0.5) is 0 Å². The molecule has 0 spiro atoms.